The van der Waals surface area contributed by atoms with E-state index >= 15 is 0 Å². The van der Waals surface area contributed by atoms with Crippen LogP contribution in [0, 0.1) is 17.0 Å². The van der Waals surface area contributed by atoms with Gasteiger partial charge in [0, 0.05) is 17.7 Å². The lowest BCUT2D eigenvalue weighted by Gasteiger charge is -2.10. The molecule has 0 bridgehead atoms. The number of aryl methyl sites for hydroxylation is 1. The minimum atomic E-state index is -5.01. The van der Waals surface area contributed by atoms with Gasteiger partial charge < -0.3 is 15.5 Å². The summed E-state index contributed by atoms with van der Waals surface area (Å²) in [5, 5.41) is 41.5. The molecule has 0 aliphatic rings. The smallest absolute Gasteiger partial charge is 0.298 e. The number of nitrogens with one attached hydrogen (secondary N) is 1. The van der Waals surface area contributed by atoms with E-state index in [0.717, 1.165) is 6.07 Å². The summed E-state index contributed by atoms with van der Waals surface area (Å²) >= 11 is 0. The van der Waals surface area contributed by atoms with Crippen LogP contribution in [-0.4, -0.2) is 34.0 Å². The van der Waals surface area contributed by atoms with E-state index in [9.17, 15) is 38.1 Å². The van der Waals surface area contributed by atoms with Gasteiger partial charge in [0.25, 0.3) is 21.7 Å². The molecule has 4 N–H and O–H groups in total. The van der Waals surface area contributed by atoms with Crippen molar-refractivity contribution in [1.29, 1.82) is 0 Å². The molecule has 0 spiro atoms. The van der Waals surface area contributed by atoms with Crippen LogP contribution < -0.4 is 5.32 Å². The third-order valence-corrected chi connectivity index (χ3v) is 5.18. The molecule has 13 heteroatoms. The molecular weight excluding hydrogens is 456 g/mol. The highest BCUT2D eigenvalue weighted by Gasteiger charge is 2.24. The summed E-state index contributed by atoms with van der Waals surface area (Å²) in [5.41, 5.74) is -0.725. The highest BCUT2D eigenvalue weighted by Crippen LogP contribution is 2.41. The molecule has 0 aromatic heterocycles. The summed E-state index contributed by atoms with van der Waals surface area (Å²) in [6.07, 6.45) is 0. The number of non-ortho nitro benzene ring substituents is 1. The van der Waals surface area contributed by atoms with Crippen molar-refractivity contribution in [3.05, 3.63) is 75.8 Å². The third-order valence-electron chi connectivity index (χ3n) is 4.31. The Hall–Kier alpha value is -4.36. The van der Waals surface area contributed by atoms with Crippen LogP contribution in [0.1, 0.15) is 15.9 Å². The predicted octanol–water partition coefficient (Wildman–Crippen LogP) is 4.23. The molecule has 0 saturated carbocycles. The summed E-state index contributed by atoms with van der Waals surface area (Å²) in [6, 6.07) is 12.2. The summed E-state index contributed by atoms with van der Waals surface area (Å²) in [6.45, 7) is 1.64. The molecule has 0 aliphatic carbocycles. The number of azo groups is 1. The maximum Gasteiger partial charge on any atom is 0.298 e. The molecule has 33 heavy (non-hydrogen) atoms. The number of nitro benzene ring substituents is 1. The van der Waals surface area contributed by atoms with Crippen LogP contribution in [0.4, 0.5) is 22.7 Å². The normalized spacial score (nSPS) is 11.5. The Balaban J connectivity index is 2.02. The molecule has 3 aromatic rings. The maximum absolute atomic E-state index is 12.4. The Morgan fingerprint density at radius 3 is 2.18 bits per heavy atom. The molecule has 0 saturated heterocycles. The Morgan fingerprint density at radius 2 is 1.61 bits per heavy atom. The van der Waals surface area contributed by atoms with Gasteiger partial charge in [-0.25, -0.2) is 0 Å². The first-order valence-corrected chi connectivity index (χ1v) is 10.5. The molecule has 3 rings (SSSR count). The lowest BCUT2D eigenvalue weighted by atomic mass is 10.1. The zero-order chi connectivity index (χ0) is 24.3. The molecule has 0 radical (unpaired) electrons. The highest BCUT2D eigenvalue weighted by atomic mass is 32.2. The maximum atomic E-state index is 12.4. The van der Waals surface area contributed by atoms with Crippen molar-refractivity contribution < 1.29 is 32.9 Å². The SMILES string of the molecule is Cc1cc(N=Nc2cc([N+](=O)[O-])cc(S(=O)(=O)O)c2O)c(O)c(NC(=O)c2ccccc2)c1. The Bertz CT molecular complexity index is 1390. The minimum Gasteiger partial charge on any atom is -0.504 e. The van der Waals surface area contributed by atoms with Crippen LogP contribution >= 0.6 is 0 Å². The fourth-order valence-electron chi connectivity index (χ4n) is 2.78. The molecule has 0 unspecified atom stereocenters. The van der Waals surface area contributed by atoms with E-state index in [4.69, 9.17) is 0 Å². The third kappa shape index (κ3) is 5.28. The molecule has 0 heterocycles. The van der Waals surface area contributed by atoms with E-state index < -0.39 is 48.7 Å². The van der Waals surface area contributed by atoms with Gasteiger partial charge in [-0.3, -0.25) is 19.5 Å². The van der Waals surface area contributed by atoms with Crippen molar-refractivity contribution in [2.24, 2.45) is 10.2 Å². The van der Waals surface area contributed by atoms with Gasteiger partial charge in [0.1, 0.15) is 16.3 Å². The molecule has 3 aromatic carbocycles. The summed E-state index contributed by atoms with van der Waals surface area (Å²) in [4.78, 5) is 21.4. The zero-order valence-electron chi connectivity index (χ0n) is 16.8. The van der Waals surface area contributed by atoms with Crippen LogP contribution in [0.15, 0.2) is 69.7 Å². The van der Waals surface area contributed by atoms with Crippen molar-refractivity contribution >= 4 is 38.8 Å². The summed E-state index contributed by atoms with van der Waals surface area (Å²) in [5.74, 6) is -2.07. The van der Waals surface area contributed by atoms with Crippen LogP contribution in [-0.2, 0) is 10.1 Å². The number of hydrogen-bond acceptors (Lipinski definition) is 9. The Labute approximate surface area is 186 Å². The second kappa shape index (κ2) is 9.02. The topological polar surface area (TPSA) is 192 Å². The van der Waals surface area contributed by atoms with Crippen molar-refractivity contribution in [2.45, 2.75) is 11.8 Å². The van der Waals surface area contributed by atoms with Crippen LogP contribution in [0.5, 0.6) is 11.5 Å². The van der Waals surface area contributed by atoms with Gasteiger partial charge in [0.2, 0.25) is 0 Å². The quantitative estimate of drug-likeness (QED) is 0.135. The number of rotatable bonds is 6. The molecule has 12 nitrogen and oxygen atoms in total. The average Bonchev–Trinajstić information content (AvgIpc) is 2.75. The number of carbonyl (C=O) groups excluding carboxylic acids is 1. The fourth-order valence-corrected chi connectivity index (χ4v) is 3.40. The summed E-state index contributed by atoms with van der Waals surface area (Å²) < 4.78 is 32.1. The number of aromatic hydroxyl groups is 2. The number of nitro groups is 1. The fraction of sp³-hybridized carbons (Fsp3) is 0.0500. The van der Waals surface area contributed by atoms with Gasteiger partial charge in [-0.2, -0.15) is 8.42 Å². The van der Waals surface area contributed by atoms with E-state index in [2.05, 4.69) is 15.5 Å². The standard InChI is InChI=1S/C20H16N4O8S/c1-11-7-14(21-20(27)12-5-3-2-4-6-12)18(25)15(8-11)22-23-16-9-13(24(28)29)10-17(19(16)26)33(30,31)32/h2-10,25-26H,1H3,(H,21,27)(H,30,31,32). The van der Waals surface area contributed by atoms with Gasteiger partial charge in [-0.1, -0.05) is 18.2 Å². The van der Waals surface area contributed by atoms with Crippen LogP contribution in [0.25, 0.3) is 0 Å². The predicted molar refractivity (Wildman–Crippen MR) is 116 cm³/mol. The van der Waals surface area contributed by atoms with Crippen LogP contribution in [0.2, 0.25) is 0 Å². The molecule has 0 atom stereocenters. The summed E-state index contributed by atoms with van der Waals surface area (Å²) in [7, 11) is -5.01. The van der Waals surface area contributed by atoms with Gasteiger partial charge in [0.05, 0.1) is 10.6 Å². The number of anilines is 1. The number of benzene rings is 3. The lowest BCUT2D eigenvalue weighted by molar-refractivity contribution is -0.385. The van der Waals surface area contributed by atoms with Crippen molar-refractivity contribution in [3.8, 4) is 11.5 Å². The molecule has 0 fully saturated rings. The number of carbonyl (C=O) groups is 1. The average molecular weight is 472 g/mol. The van der Waals surface area contributed by atoms with Gasteiger partial charge >= 0.3 is 0 Å². The van der Waals surface area contributed by atoms with Gasteiger partial charge in [-0.05, 0) is 36.8 Å². The van der Waals surface area contributed by atoms with Crippen molar-refractivity contribution in [1.82, 2.24) is 0 Å². The van der Waals surface area contributed by atoms with E-state index in [1.807, 2.05) is 0 Å². The van der Waals surface area contributed by atoms with Crippen LogP contribution in [0.3, 0.4) is 0 Å². The first-order valence-electron chi connectivity index (χ1n) is 9.08. The Morgan fingerprint density at radius 1 is 1.00 bits per heavy atom. The van der Waals surface area contributed by atoms with Gasteiger partial charge in [-0.15, -0.1) is 10.2 Å². The largest absolute Gasteiger partial charge is 0.504 e. The van der Waals surface area contributed by atoms with E-state index in [1.54, 1.807) is 37.3 Å². The highest BCUT2D eigenvalue weighted by molar-refractivity contribution is 7.86. The van der Waals surface area contributed by atoms with E-state index in [0.29, 0.717) is 17.2 Å². The van der Waals surface area contributed by atoms with E-state index in [-0.39, 0.29) is 11.4 Å². The number of phenols is 2. The lowest BCUT2D eigenvalue weighted by Crippen LogP contribution is -2.11. The first-order chi connectivity index (χ1) is 15.5. The Kier molecular flexibility index (Phi) is 6.37. The second-order valence-electron chi connectivity index (χ2n) is 6.74. The molecule has 0 aliphatic heterocycles. The molecule has 170 valence electrons. The number of nitrogens with zero attached hydrogens (tertiary/aromatic N) is 3. The van der Waals surface area contributed by atoms with Crippen molar-refractivity contribution in [2.75, 3.05) is 5.32 Å². The first kappa shape index (κ1) is 23.3. The molecular formula is C20H16N4O8S. The second-order valence-corrected chi connectivity index (χ2v) is 8.13. The van der Waals surface area contributed by atoms with Crippen molar-refractivity contribution in [3.63, 3.8) is 0 Å². The molecule has 1 amide bonds. The van der Waals surface area contributed by atoms with E-state index in [1.165, 1.54) is 12.1 Å². The minimum absolute atomic E-state index is 0.000285. The van der Waals surface area contributed by atoms with Gasteiger partial charge in [0.15, 0.2) is 11.5 Å². The number of hydrogen-bond donors (Lipinski definition) is 4. The number of amides is 1. The zero-order valence-corrected chi connectivity index (χ0v) is 17.6. The number of phenolic OH excluding ortho intramolecular Hbond substituents is 2. The monoisotopic (exact) mass is 472 g/mol.